The second-order valence-electron chi connectivity index (χ2n) is 10.2. The Morgan fingerprint density at radius 2 is 1.52 bits per heavy atom. The SMILES string of the molecule is C=C(CCCCCCCCCCCCC)OCC(CC)Cn1cc(CCC(=C)C(C)C)nn1. The summed E-state index contributed by atoms with van der Waals surface area (Å²) in [6.45, 7) is 18.7. The zero-order valence-corrected chi connectivity index (χ0v) is 22.4. The van der Waals surface area contributed by atoms with Crippen LogP contribution in [0.15, 0.2) is 30.7 Å². The average Bonchev–Trinajstić information content (AvgIpc) is 3.25. The van der Waals surface area contributed by atoms with Gasteiger partial charge in [0, 0.05) is 25.1 Å². The highest BCUT2D eigenvalue weighted by Gasteiger charge is 2.11. The molecule has 0 saturated heterocycles. The Bertz CT molecular complexity index is 635. The summed E-state index contributed by atoms with van der Waals surface area (Å²) in [4.78, 5) is 0. The Morgan fingerprint density at radius 1 is 0.909 bits per heavy atom. The summed E-state index contributed by atoms with van der Waals surface area (Å²) in [5.41, 5.74) is 2.33. The second kappa shape index (κ2) is 18.8. The maximum absolute atomic E-state index is 6.00. The molecule has 0 aliphatic rings. The first-order valence-corrected chi connectivity index (χ1v) is 13.8. The highest BCUT2D eigenvalue weighted by molar-refractivity contribution is 5.03. The summed E-state index contributed by atoms with van der Waals surface area (Å²) in [7, 11) is 0. The van der Waals surface area contributed by atoms with E-state index in [9.17, 15) is 0 Å². The van der Waals surface area contributed by atoms with E-state index < -0.39 is 0 Å². The lowest BCUT2D eigenvalue weighted by Crippen LogP contribution is -2.16. The molecule has 190 valence electrons. The molecule has 1 aromatic rings. The van der Waals surface area contributed by atoms with E-state index in [1.54, 1.807) is 0 Å². The third-order valence-corrected chi connectivity index (χ3v) is 6.71. The Labute approximate surface area is 205 Å². The Balaban J connectivity index is 2.11. The molecule has 0 amide bonds. The Hall–Kier alpha value is -1.58. The van der Waals surface area contributed by atoms with Crippen LogP contribution in [0.4, 0.5) is 0 Å². The summed E-state index contributed by atoms with van der Waals surface area (Å²) in [6.07, 6.45) is 21.1. The van der Waals surface area contributed by atoms with Crippen LogP contribution in [0, 0.1) is 11.8 Å². The fourth-order valence-electron chi connectivity index (χ4n) is 3.98. The van der Waals surface area contributed by atoms with Crippen LogP contribution in [0.3, 0.4) is 0 Å². The standard InChI is InChI=1S/C29H53N3O/c1-7-9-10-11-12-13-14-15-16-17-18-19-27(6)33-24-28(8-2)22-32-23-29(30-31-32)21-20-26(5)25(3)4/h23,25,28H,5-22,24H2,1-4H3. The molecule has 0 fully saturated rings. The second-order valence-corrected chi connectivity index (χ2v) is 10.2. The zero-order chi connectivity index (χ0) is 24.3. The number of unbranched alkanes of at least 4 members (excludes halogenated alkanes) is 10. The molecule has 4 heteroatoms. The summed E-state index contributed by atoms with van der Waals surface area (Å²) >= 11 is 0. The Kier molecular flexibility index (Phi) is 16.8. The van der Waals surface area contributed by atoms with Crippen LogP contribution in [0.25, 0.3) is 0 Å². The molecule has 1 atom stereocenters. The molecule has 33 heavy (non-hydrogen) atoms. The first-order chi connectivity index (χ1) is 16.0. The van der Waals surface area contributed by atoms with Gasteiger partial charge in [-0.25, -0.2) is 0 Å². The number of hydrogen-bond donors (Lipinski definition) is 0. The lowest BCUT2D eigenvalue weighted by Gasteiger charge is -2.17. The number of aryl methyl sites for hydroxylation is 1. The molecule has 1 heterocycles. The van der Waals surface area contributed by atoms with Crippen molar-refractivity contribution in [2.45, 2.75) is 131 Å². The topological polar surface area (TPSA) is 39.9 Å². The van der Waals surface area contributed by atoms with E-state index in [0.29, 0.717) is 18.4 Å². The van der Waals surface area contributed by atoms with Crippen LogP contribution in [0.5, 0.6) is 0 Å². The highest BCUT2D eigenvalue weighted by atomic mass is 16.5. The van der Waals surface area contributed by atoms with Gasteiger partial charge in [-0.05, 0) is 31.6 Å². The molecule has 0 radical (unpaired) electrons. The van der Waals surface area contributed by atoms with E-state index in [0.717, 1.165) is 43.7 Å². The van der Waals surface area contributed by atoms with Gasteiger partial charge in [-0.2, -0.15) is 0 Å². The van der Waals surface area contributed by atoms with Crippen LogP contribution in [-0.4, -0.2) is 21.6 Å². The molecule has 0 aliphatic carbocycles. The third kappa shape index (κ3) is 15.0. The van der Waals surface area contributed by atoms with Gasteiger partial charge in [-0.1, -0.05) is 116 Å². The van der Waals surface area contributed by atoms with Gasteiger partial charge in [0.05, 0.1) is 18.1 Å². The fraction of sp³-hybridized carbons (Fsp3) is 0.793. The predicted molar refractivity (Wildman–Crippen MR) is 142 cm³/mol. The normalized spacial score (nSPS) is 12.3. The molecule has 1 aromatic heterocycles. The lowest BCUT2D eigenvalue weighted by atomic mass is 10.00. The quantitative estimate of drug-likeness (QED) is 0.0989. The maximum atomic E-state index is 6.00. The molecular weight excluding hydrogens is 406 g/mol. The molecular formula is C29H53N3O. The Morgan fingerprint density at radius 3 is 2.09 bits per heavy atom. The molecule has 0 saturated carbocycles. The van der Waals surface area contributed by atoms with Crippen molar-refractivity contribution in [2.75, 3.05) is 6.61 Å². The molecule has 1 unspecified atom stereocenters. The molecule has 0 aromatic carbocycles. The minimum absolute atomic E-state index is 0.430. The molecule has 4 nitrogen and oxygen atoms in total. The largest absolute Gasteiger partial charge is 0.498 e. The molecule has 0 N–H and O–H groups in total. The van der Waals surface area contributed by atoms with Crippen LogP contribution in [-0.2, 0) is 17.7 Å². The number of ether oxygens (including phenoxy) is 1. The van der Waals surface area contributed by atoms with E-state index in [-0.39, 0.29) is 0 Å². The van der Waals surface area contributed by atoms with E-state index in [4.69, 9.17) is 4.74 Å². The minimum Gasteiger partial charge on any atom is -0.498 e. The van der Waals surface area contributed by atoms with E-state index in [1.165, 1.54) is 76.2 Å². The number of aromatic nitrogens is 3. The van der Waals surface area contributed by atoms with Gasteiger partial charge in [0.1, 0.15) is 0 Å². The van der Waals surface area contributed by atoms with Crippen molar-refractivity contribution in [1.29, 1.82) is 0 Å². The number of allylic oxidation sites excluding steroid dienone is 2. The first kappa shape index (κ1) is 29.5. The molecule has 0 aliphatic heterocycles. The van der Waals surface area contributed by atoms with Crippen molar-refractivity contribution in [2.24, 2.45) is 11.8 Å². The lowest BCUT2D eigenvalue weighted by molar-refractivity contribution is 0.143. The van der Waals surface area contributed by atoms with E-state index in [1.807, 2.05) is 4.68 Å². The van der Waals surface area contributed by atoms with Crippen LogP contribution in [0.1, 0.15) is 123 Å². The van der Waals surface area contributed by atoms with Crippen molar-refractivity contribution in [1.82, 2.24) is 15.0 Å². The van der Waals surface area contributed by atoms with Gasteiger partial charge in [0.15, 0.2) is 0 Å². The summed E-state index contributed by atoms with van der Waals surface area (Å²) in [6, 6.07) is 0. The van der Waals surface area contributed by atoms with Crippen molar-refractivity contribution in [3.05, 3.63) is 36.4 Å². The van der Waals surface area contributed by atoms with E-state index in [2.05, 4.69) is 57.4 Å². The molecule has 0 bridgehead atoms. The monoisotopic (exact) mass is 459 g/mol. The van der Waals surface area contributed by atoms with E-state index >= 15 is 0 Å². The van der Waals surface area contributed by atoms with Crippen molar-refractivity contribution in [3.8, 4) is 0 Å². The van der Waals surface area contributed by atoms with Crippen LogP contribution < -0.4 is 0 Å². The smallest absolute Gasteiger partial charge is 0.0922 e. The maximum Gasteiger partial charge on any atom is 0.0922 e. The zero-order valence-electron chi connectivity index (χ0n) is 22.4. The fourth-order valence-corrected chi connectivity index (χ4v) is 3.98. The van der Waals surface area contributed by atoms with Gasteiger partial charge in [-0.15, -0.1) is 5.10 Å². The summed E-state index contributed by atoms with van der Waals surface area (Å²) in [5.74, 6) is 1.90. The average molecular weight is 460 g/mol. The van der Waals surface area contributed by atoms with Gasteiger partial charge in [0.25, 0.3) is 0 Å². The predicted octanol–water partition coefficient (Wildman–Crippen LogP) is 8.68. The molecule has 0 spiro atoms. The van der Waals surface area contributed by atoms with Gasteiger partial charge in [-0.3, -0.25) is 4.68 Å². The van der Waals surface area contributed by atoms with Gasteiger partial charge in [0.2, 0.25) is 0 Å². The minimum atomic E-state index is 0.430. The van der Waals surface area contributed by atoms with Crippen LogP contribution >= 0.6 is 0 Å². The van der Waals surface area contributed by atoms with Crippen molar-refractivity contribution >= 4 is 0 Å². The van der Waals surface area contributed by atoms with Crippen molar-refractivity contribution < 1.29 is 4.74 Å². The van der Waals surface area contributed by atoms with Gasteiger partial charge >= 0.3 is 0 Å². The number of hydrogen-bond acceptors (Lipinski definition) is 3. The number of nitrogens with zero attached hydrogens (tertiary/aromatic N) is 3. The molecule has 1 rings (SSSR count). The number of rotatable bonds is 22. The van der Waals surface area contributed by atoms with Gasteiger partial charge < -0.3 is 4.74 Å². The van der Waals surface area contributed by atoms with Crippen LogP contribution in [0.2, 0.25) is 0 Å². The third-order valence-electron chi connectivity index (χ3n) is 6.71. The first-order valence-electron chi connectivity index (χ1n) is 13.8. The highest BCUT2D eigenvalue weighted by Crippen LogP contribution is 2.17. The summed E-state index contributed by atoms with van der Waals surface area (Å²) in [5, 5.41) is 8.66. The van der Waals surface area contributed by atoms with Crippen molar-refractivity contribution in [3.63, 3.8) is 0 Å². The summed E-state index contributed by atoms with van der Waals surface area (Å²) < 4.78 is 7.97.